The number of hydrogen-bond acceptors (Lipinski definition) is 5. The lowest BCUT2D eigenvalue weighted by atomic mass is 10.1. The zero-order chi connectivity index (χ0) is 21.9. The van der Waals surface area contributed by atoms with Crippen molar-refractivity contribution < 1.29 is 18.1 Å². The Kier molecular flexibility index (Phi) is 6.42. The van der Waals surface area contributed by atoms with E-state index in [1.54, 1.807) is 43.3 Å². The fourth-order valence-corrected chi connectivity index (χ4v) is 5.19. The fourth-order valence-electron chi connectivity index (χ4n) is 3.18. The molecule has 0 saturated carbocycles. The number of para-hydroxylation sites is 1. The van der Waals surface area contributed by atoms with Crippen molar-refractivity contribution in [1.29, 1.82) is 0 Å². The van der Waals surface area contributed by atoms with Gasteiger partial charge in [0.2, 0.25) is 0 Å². The van der Waals surface area contributed by atoms with Crippen LogP contribution in [0.2, 0.25) is 0 Å². The third-order valence-corrected chi connectivity index (χ3v) is 7.01. The quantitative estimate of drug-likeness (QED) is 0.330. The molecule has 3 rings (SSSR count). The zero-order valence-corrected chi connectivity index (χ0v) is 18.6. The van der Waals surface area contributed by atoms with E-state index in [0.717, 1.165) is 4.47 Å². The van der Waals surface area contributed by atoms with Crippen molar-refractivity contribution in [3.8, 4) is 5.75 Å². The smallest absolute Gasteiger partial charge is 0.269 e. The van der Waals surface area contributed by atoms with Gasteiger partial charge in [0.25, 0.3) is 15.7 Å². The minimum atomic E-state index is -4.05. The maximum Gasteiger partial charge on any atom is 0.269 e. The Hall–Kier alpha value is -2.91. The molecular weight excluding hydrogens is 472 g/mol. The molecule has 0 aliphatic carbocycles. The van der Waals surface area contributed by atoms with E-state index in [-0.39, 0.29) is 10.6 Å². The molecule has 0 fully saturated rings. The summed E-state index contributed by atoms with van der Waals surface area (Å²) in [6.45, 7) is 1.77. The van der Waals surface area contributed by atoms with Gasteiger partial charge in [0.15, 0.2) is 0 Å². The van der Waals surface area contributed by atoms with E-state index in [2.05, 4.69) is 15.9 Å². The van der Waals surface area contributed by atoms with Crippen molar-refractivity contribution in [3.05, 3.63) is 92.9 Å². The molecule has 0 aliphatic heterocycles. The van der Waals surface area contributed by atoms with Gasteiger partial charge in [-0.1, -0.05) is 40.2 Å². The van der Waals surface area contributed by atoms with Crippen molar-refractivity contribution >= 4 is 37.3 Å². The number of methoxy groups -OCH3 is 1. The second-order valence-electron chi connectivity index (χ2n) is 6.45. The highest BCUT2D eigenvalue weighted by molar-refractivity contribution is 9.10. The summed E-state index contributed by atoms with van der Waals surface area (Å²) >= 11 is 3.39. The Balaban J connectivity index is 2.17. The SMILES string of the molecule is COc1ccccc1C(C)N(c1cccc(Br)c1)S(=O)(=O)c1ccc([N+](=O)[O-])cc1. The predicted molar refractivity (Wildman–Crippen MR) is 118 cm³/mol. The lowest BCUT2D eigenvalue weighted by Crippen LogP contribution is -2.34. The standard InChI is InChI=1S/C21H19BrN2O5S/c1-15(20-8-3-4-9-21(20)29-2)23(18-7-5-6-16(22)14-18)30(27,28)19-12-10-17(11-13-19)24(25)26/h3-15H,1-2H3. The summed E-state index contributed by atoms with van der Waals surface area (Å²) in [6.07, 6.45) is 0. The summed E-state index contributed by atoms with van der Waals surface area (Å²) < 4.78 is 34.7. The van der Waals surface area contributed by atoms with Crippen LogP contribution in [0.4, 0.5) is 11.4 Å². The van der Waals surface area contributed by atoms with Gasteiger partial charge in [-0.15, -0.1) is 0 Å². The third-order valence-electron chi connectivity index (χ3n) is 4.61. The summed E-state index contributed by atoms with van der Waals surface area (Å²) in [5.74, 6) is 0.559. The fraction of sp³-hybridized carbons (Fsp3) is 0.143. The molecule has 0 bridgehead atoms. The largest absolute Gasteiger partial charge is 0.496 e. The Bertz CT molecular complexity index is 1170. The van der Waals surface area contributed by atoms with Gasteiger partial charge in [0, 0.05) is 22.2 Å². The maximum absolute atomic E-state index is 13.6. The van der Waals surface area contributed by atoms with Crippen molar-refractivity contribution in [2.24, 2.45) is 0 Å². The summed E-state index contributed by atoms with van der Waals surface area (Å²) in [4.78, 5) is 10.3. The zero-order valence-electron chi connectivity index (χ0n) is 16.2. The molecule has 0 aliphatic rings. The Morgan fingerprint density at radius 1 is 1.03 bits per heavy atom. The van der Waals surface area contributed by atoms with Crippen molar-refractivity contribution in [2.45, 2.75) is 17.9 Å². The molecule has 1 atom stereocenters. The number of nitro groups is 1. The first-order valence-corrected chi connectivity index (χ1v) is 11.2. The Labute approximate surface area is 183 Å². The van der Waals surface area contributed by atoms with Gasteiger partial charge < -0.3 is 4.74 Å². The molecular formula is C21H19BrN2O5S. The van der Waals surface area contributed by atoms with Crippen molar-refractivity contribution in [1.82, 2.24) is 0 Å². The number of hydrogen-bond donors (Lipinski definition) is 0. The minimum absolute atomic E-state index is 0.0465. The van der Waals surface area contributed by atoms with Gasteiger partial charge in [-0.25, -0.2) is 8.42 Å². The monoisotopic (exact) mass is 490 g/mol. The predicted octanol–water partition coefficient (Wildman–Crippen LogP) is 5.32. The molecule has 1 unspecified atom stereocenters. The Morgan fingerprint density at radius 3 is 2.30 bits per heavy atom. The minimum Gasteiger partial charge on any atom is -0.496 e. The van der Waals surface area contributed by atoms with E-state index in [1.807, 2.05) is 12.1 Å². The van der Waals surface area contributed by atoms with Crippen LogP contribution in [-0.2, 0) is 10.0 Å². The van der Waals surface area contributed by atoms with Crippen LogP contribution in [-0.4, -0.2) is 20.5 Å². The van der Waals surface area contributed by atoms with Gasteiger partial charge in [-0.2, -0.15) is 0 Å². The molecule has 0 amide bonds. The highest BCUT2D eigenvalue weighted by Gasteiger charge is 2.32. The van der Waals surface area contributed by atoms with Crippen LogP contribution in [0.3, 0.4) is 0 Å². The van der Waals surface area contributed by atoms with Crippen LogP contribution in [0.15, 0.2) is 82.2 Å². The van der Waals surface area contributed by atoms with Crippen LogP contribution >= 0.6 is 15.9 Å². The molecule has 9 heteroatoms. The average Bonchev–Trinajstić information content (AvgIpc) is 2.73. The number of nitro benzene ring substituents is 1. The molecule has 3 aromatic carbocycles. The lowest BCUT2D eigenvalue weighted by molar-refractivity contribution is -0.384. The van der Waals surface area contributed by atoms with Gasteiger partial charge in [-0.3, -0.25) is 14.4 Å². The summed E-state index contributed by atoms with van der Waals surface area (Å²) in [7, 11) is -2.52. The molecule has 0 aromatic heterocycles. The van der Waals surface area contributed by atoms with E-state index >= 15 is 0 Å². The average molecular weight is 491 g/mol. The van der Waals surface area contributed by atoms with E-state index in [4.69, 9.17) is 4.74 Å². The highest BCUT2D eigenvalue weighted by atomic mass is 79.9. The number of non-ortho nitro benzene ring substituents is 1. The van der Waals surface area contributed by atoms with Crippen LogP contribution in [0.1, 0.15) is 18.5 Å². The van der Waals surface area contributed by atoms with E-state index < -0.39 is 21.0 Å². The van der Waals surface area contributed by atoms with Crippen LogP contribution < -0.4 is 9.04 Å². The number of sulfonamides is 1. The lowest BCUT2D eigenvalue weighted by Gasteiger charge is -2.31. The molecule has 3 aromatic rings. The van der Waals surface area contributed by atoms with Gasteiger partial charge in [0.05, 0.1) is 28.7 Å². The molecule has 156 valence electrons. The molecule has 0 heterocycles. The summed E-state index contributed by atoms with van der Waals surface area (Å²) in [5, 5.41) is 10.9. The second kappa shape index (κ2) is 8.85. The maximum atomic E-state index is 13.6. The van der Waals surface area contributed by atoms with Crippen LogP contribution in [0.25, 0.3) is 0 Å². The van der Waals surface area contributed by atoms with E-state index in [9.17, 15) is 18.5 Å². The van der Waals surface area contributed by atoms with Gasteiger partial charge >= 0.3 is 0 Å². The third kappa shape index (κ3) is 4.31. The molecule has 30 heavy (non-hydrogen) atoms. The van der Waals surface area contributed by atoms with E-state index in [0.29, 0.717) is 17.0 Å². The number of anilines is 1. The second-order valence-corrected chi connectivity index (χ2v) is 9.18. The summed E-state index contributed by atoms with van der Waals surface area (Å²) in [5.41, 5.74) is 0.951. The number of halogens is 1. The molecule has 0 radical (unpaired) electrons. The highest BCUT2D eigenvalue weighted by Crippen LogP contribution is 2.37. The van der Waals surface area contributed by atoms with Gasteiger partial charge in [0.1, 0.15) is 5.75 Å². The topological polar surface area (TPSA) is 89.8 Å². The van der Waals surface area contributed by atoms with Gasteiger partial charge in [-0.05, 0) is 43.3 Å². The summed E-state index contributed by atoms with van der Waals surface area (Å²) in [6, 6.07) is 18.4. The first-order valence-electron chi connectivity index (χ1n) is 8.93. The van der Waals surface area contributed by atoms with Crippen LogP contribution in [0.5, 0.6) is 5.75 Å². The molecule has 0 saturated heterocycles. The molecule has 0 N–H and O–H groups in total. The Morgan fingerprint density at radius 2 is 1.70 bits per heavy atom. The molecule has 7 nitrogen and oxygen atoms in total. The number of rotatable bonds is 7. The van der Waals surface area contributed by atoms with Crippen molar-refractivity contribution in [2.75, 3.05) is 11.4 Å². The number of nitrogens with zero attached hydrogens (tertiary/aromatic N) is 2. The first kappa shape index (κ1) is 21.8. The van der Waals surface area contributed by atoms with Crippen molar-refractivity contribution in [3.63, 3.8) is 0 Å². The molecule has 0 spiro atoms. The van der Waals surface area contributed by atoms with Crippen LogP contribution in [0, 0.1) is 10.1 Å². The first-order chi connectivity index (χ1) is 14.3. The van der Waals surface area contributed by atoms with E-state index in [1.165, 1.54) is 35.7 Å². The normalized spacial score (nSPS) is 12.2. The number of ether oxygens (including phenoxy) is 1. The number of benzene rings is 3.